The highest BCUT2D eigenvalue weighted by molar-refractivity contribution is 5.78. The van der Waals surface area contributed by atoms with Crippen LogP contribution in [-0.2, 0) is 33.4 Å². The molecule has 1 aliphatic rings. The summed E-state index contributed by atoms with van der Waals surface area (Å²) in [4.78, 5) is 55.3. The highest BCUT2D eigenvalue weighted by Crippen LogP contribution is 2.22. The summed E-state index contributed by atoms with van der Waals surface area (Å²) >= 11 is 0. The fourth-order valence-electron chi connectivity index (χ4n) is 8.54. The summed E-state index contributed by atoms with van der Waals surface area (Å²) in [5.41, 5.74) is 0. The average molecular weight is 878 g/mol. The molecule has 0 aliphatic carbocycles. The van der Waals surface area contributed by atoms with Gasteiger partial charge < -0.3 is 24.4 Å². The maximum Gasteiger partial charge on any atom is 0.323 e. The summed E-state index contributed by atoms with van der Waals surface area (Å²) in [5, 5.41) is 3.15. The van der Waals surface area contributed by atoms with Gasteiger partial charge in [0.1, 0.15) is 12.1 Å². The third-order valence-corrected chi connectivity index (χ3v) is 12.5. The van der Waals surface area contributed by atoms with Gasteiger partial charge in [0.2, 0.25) is 5.91 Å². The fraction of sp³-hybridized carbons (Fsp3) is 0.923. The van der Waals surface area contributed by atoms with Crippen LogP contribution in [0.1, 0.15) is 245 Å². The van der Waals surface area contributed by atoms with Crippen molar-refractivity contribution in [1.82, 2.24) is 15.1 Å². The molecule has 10 nitrogen and oxygen atoms in total. The number of unbranched alkanes of at least 4 members (excludes halogenated alkanes) is 24. The van der Waals surface area contributed by atoms with Crippen LogP contribution in [-0.4, -0.2) is 98.7 Å². The first-order chi connectivity index (χ1) is 30.2. The largest absolute Gasteiger partial charge is 0.466 e. The molecule has 10 heteroatoms. The van der Waals surface area contributed by atoms with Gasteiger partial charge in [-0.25, -0.2) is 0 Å². The summed E-state index contributed by atoms with van der Waals surface area (Å²) in [6, 6.07) is -0.473. The highest BCUT2D eigenvalue weighted by atomic mass is 16.5. The van der Waals surface area contributed by atoms with Crippen molar-refractivity contribution in [3.8, 4) is 0 Å². The van der Waals surface area contributed by atoms with E-state index in [2.05, 4.69) is 31.0 Å². The van der Waals surface area contributed by atoms with Gasteiger partial charge in [-0.1, -0.05) is 162 Å². The van der Waals surface area contributed by atoms with Gasteiger partial charge in [-0.3, -0.25) is 24.1 Å². The van der Waals surface area contributed by atoms with Crippen molar-refractivity contribution >= 4 is 23.8 Å². The van der Waals surface area contributed by atoms with E-state index in [4.69, 9.17) is 14.2 Å². The molecule has 1 N–H and O–H groups in total. The van der Waals surface area contributed by atoms with Gasteiger partial charge in [0, 0.05) is 38.4 Å². The number of nitrogens with zero attached hydrogens (tertiary/aromatic N) is 2. The molecule has 1 aliphatic heterocycles. The summed E-state index contributed by atoms with van der Waals surface area (Å²) in [7, 11) is 3.91. The van der Waals surface area contributed by atoms with Gasteiger partial charge in [-0.2, -0.15) is 0 Å². The molecule has 1 fully saturated rings. The van der Waals surface area contributed by atoms with Crippen LogP contribution >= 0.6 is 0 Å². The van der Waals surface area contributed by atoms with Crippen LogP contribution in [0.4, 0.5) is 0 Å². The Hall–Kier alpha value is -2.20. The van der Waals surface area contributed by atoms with Crippen LogP contribution in [0, 0.1) is 0 Å². The molecular weight excluding hydrogens is 779 g/mol. The monoisotopic (exact) mass is 878 g/mol. The van der Waals surface area contributed by atoms with Crippen molar-refractivity contribution in [3.05, 3.63) is 0 Å². The topological polar surface area (TPSA) is 114 Å². The van der Waals surface area contributed by atoms with Crippen LogP contribution in [0.15, 0.2) is 0 Å². The van der Waals surface area contributed by atoms with E-state index in [0.29, 0.717) is 52.0 Å². The van der Waals surface area contributed by atoms with E-state index < -0.39 is 0 Å². The normalized spacial score (nSPS) is 15.4. The van der Waals surface area contributed by atoms with Crippen molar-refractivity contribution in [2.45, 2.75) is 264 Å². The second-order valence-corrected chi connectivity index (χ2v) is 18.8. The zero-order valence-electron chi connectivity index (χ0n) is 41.3. The summed E-state index contributed by atoms with van der Waals surface area (Å²) in [6.07, 6.45) is 37.2. The van der Waals surface area contributed by atoms with Crippen LogP contribution in [0.25, 0.3) is 0 Å². The van der Waals surface area contributed by atoms with E-state index in [-0.39, 0.29) is 42.0 Å². The van der Waals surface area contributed by atoms with Gasteiger partial charge in [0.05, 0.1) is 13.2 Å². The Labute approximate surface area is 381 Å². The quantitative estimate of drug-likeness (QED) is 0.0363. The molecule has 2 atom stereocenters. The van der Waals surface area contributed by atoms with Gasteiger partial charge in [0.25, 0.3) is 0 Å². The van der Waals surface area contributed by atoms with Crippen molar-refractivity contribution in [3.63, 3.8) is 0 Å². The molecule has 1 heterocycles. The van der Waals surface area contributed by atoms with Crippen molar-refractivity contribution in [2.75, 3.05) is 46.9 Å². The molecule has 0 radical (unpaired) electrons. The highest BCUT2D eigenvalue weighted by Gasteiger charge is 2.38. The molecule has 1 saturated heterocycles. The molecule has 0 aromatic heterocycles. The second kappa shape index (κ2) is 41.5. The first kappa shape index (κ1) is 57.8. The molecule has 0 saturated carbocycles. The lowest BCUT2D eigenvalue weighted by atomic mass is 10.0. The number of hydrogen-bond donors (Lipinski definition) is 1. The number of rotatable bonds is 44. The maximum atomic E-state index is 13.4. The lowest BCUT2D eigenvalue weighted by molar-refractivity contribution is -0.150. The molecule has 0 spiro atoms. The Morgan fingerprint density at radius 1 is 0.548 bits per heavy atom. The predicted octanol–water partition coefficient (Wildman–Crippen LogP) is 12.4. The van der Waals surface area contributed by atoms with Crippen LogP contribution in [0.5, 0.6) is 0 Å². The van der Waals surface area contributed by atoms with E-state index >= 15 is 0 Å². The first-order valence-electron chi connectivity index (χ1n) is 26.4. The molecule has 1 rings (SSSR count). The fourth-order valence-corrected chi connectivity index (χ4v) is 8.54. The third-order valence-electron chi connectivity index (χ3n) is 12.5. The van der Waals surface area contributed by atoms with Crippen LogP contribution in [0.3, 0.4) is 0 Å². The number of likely N-dealkylation sites (tertiary alicyclic amines) is 1. The Bertz CT molecular complexity index is 1070. The van der Waals surface area contributed by atoms with Gasteiger partial charge in [-0.05, 0) is 84.8 Å². The molecule has 0 aromatic rings. The summed E-state index contributed by atoms with van der Waals surface area (Å²) < 4.78 is 17.3. The minimum absolute atomic E-state index is 0.00741. The summed E-state index contributed by atoms with van der Waals surface area (Å²) in [6.45, 7) is 9.66. The zero-order valence-corrected chi connectivity index (χ0v) is 41.3. The van der Waals surface area contributed by atoms with E-state index in [1.54, 1.807) is 0 Å². The Morgan fingerprint density at radius 2 is 1.00 bits per heavy atom. The van der Waals surface area contributed by atoms with E-state index in [1.165, 1.54) is 109 Å². The minimum Gasteiger partial charge on any atom is -0.466 e. The number of amides is 1. The number of carbonyl (C=O) groups is 4. The Kier molecular flexibility index (Phi) is 38.7. The number of ether oxygens (including phenoxy) is 3. The number of carbonyl (C=O) groups excluding carboxylic acids is 4. The summed E-state index contributed by atoms with van der Waals surface area (Å²) in [5.74, 6) is -0.366. The number of esters is 3. The average Bonchev–Trinajstić information content (AvgIpc) is 3.65. The minimum atomic E-state index is -0.382. The van der Waals surface area contributed by atoms with Gasteiger partial charge >= 0.3 is 17.9 Å². The first-order valence-corrected chi connectivity index (χ1v) is 26.4. The molecule has 0 bridgehead atoms. The smallest absolute Gasteiger partial charge is 0.323 e. The molecule has 364 valence electrons. The van der Waals surface area contributed by atoms with Crippen LogP contribution < -0.4 is 5.32 Å². The number of hydrogen-bond acceptors (Lipinski definition) is 9. The van der Waals surface area contributed by atoms with Crippen molar-refractivity contribution < 1.29 is 33.4 Å². The lowest BCUT2D eigenvalue weighted by Crippen LogP contribution is -2.39. The molecule has 1 amide bonds. The van der Waals surface area contributed by atoms with Crippen molar-refractivity contribution in [1.29, 1.82) is 0 Å². The lowest BCUT2D eigenvalue weighted by Gasteiger charge is -2.22. The van der Waals surface area contributed by atoms with Gasteiger partial charge in [-0.15, -0.1) is 0 Å². The van der Waals surface area contributed by atoms with E-state index in [0.717, 1.165) is 96.4 Å². The second-order valence-electron chi connectivity index (χ2n) is 18.8. The maximum absolute atomic E-state index is 13.4. The van der Waals surface area contributed by atoms with E-state index in [1.807, 2.05) is 19.0 Å². The Morgan fingerprint density at radius 3 is 1.53 bits per heavy atom. The number of nitrogens with one attached hydrogen (secondary N) is 1. The molecular formula is C52H99N3O7. The Balaban J connectivity index is 2.38. The zero-order chi connectivity index (χ0) is 45.3. The van der Waals surface area contributed by atoms with Crippen LogP contribution in [0.2, 0.25) is 0 Å². The molecule has 1 unspecified atom stereocenters. The standard InChI is InChI=1S/C52H99N3O7/c1-6-9-12-15-18-19-20-25-33-42-60-50(57)37-31-27-32-40-55-45-46(53-49(56)39-41-54(4)5)44-48(55)52(59)61-43-34-26-21-24-30-38-51(58)62-47(35-28-22-16-13-10-7-2)36-29-23-17-14-11-8-3/h46-48H,6-45H2,1-5H3,(H,53,56)/t46?,48-/m0/s1. The predicted molar refractivity (Wildman–Crippen MR) is 256 cm³/mol. The molecule has 0 aromatic carbocycles. The third kappa shape index (κ3) is 34.2. The van der Waals surface area contributed by atoms with E-state index in [9.17, 15) is 19.2 Å². The molecule has 62 heavy (non-hydrogen) atoms. The van der Waals surface area contributed by atoms with Crippen molar-refractivity contribution in [2.24, 2.45) is 0 Å². The SMILES string of the molecule is CCCCCCCCCCCOC(=O)CCCCCN1CC(NC(=O)CCN(C)C)C[C@H]1C(=O)OCCCCCCCC(=O)OC(CCCCCCCC)CCCCCCCC. The van der Waals surface area contributed by atoms with Gasteiger partial charge in [0.15, 0.2) is 0 Å².